The highest BCUT2D eigenvalue weighted by Crippen LogP contribution is 2.33. The number of benzene rings is 1. The molecule has 0 radical (unpaired) electrons. The van der Waals surface area contributed by atoms with Gasteiger partial charge in [-0.2, -0.15) is 0 Å². The zero-order valence-corrected chi connectivity index (χ0v) is 8.54. The number of carbonyl (C=O) groups excluding carboxylic acids is 1. The molecule has 0 atom stereocenters. The summed E-state index contributed by atoms with van der Waals surface area (Å²) in [4.78, 5) is 13.3. The Bertz CT molecular complexity index is 542. The standard InChI is InChI=1S/C10H7N3O4/c11-13-12-7(10(14)15)3-6-1-2-8-9(4-6)17-5-16-8/h1-4,11H,5H2. The second kappa shape index (κ2) is 4.46. The molecule has 0 aliphatic carbocycles. The molecule has 0 aromatic heterocycles. The third-order valence-electron chi connectivity index (χ3n) is 2.07. The van der Waals surface area contributed by atoms with E-state index < -0.39 is 11.7 Å². The normalized spacial score (nSPS) is 13.1. The number of hydrogen-bond donors (Lipinski definition) is 1. The molecule has 7 heteroatoms. The van der Waals surface area contributed by atoms with Crippen molar-refractivity contribution in [2.75, 3.05) is 6.79 Å². The predicted molar refractivity (Wildman–Crippen MR) is 52.8 cm³/mol. The van der Waals surface area contributed by atoms with E-state index >= 15 is 0 Å². The molecule has 7 nitrogen and oxygen atoms in total. The Kier molecular flexibility index (Phi) is 2.85. The fraction of sp³-hybridized carbons (Fsp3) is 0.100. The molecule has 0 saturated carbocycles. The maximum absolute atomic E-state index is 10.7. The van der Waals surface area contributed by atoms with Crippen LogP contribution in [0.25, 0.3) is 6.08 Å². The Labute approximate surface area is 95.5 Å². The fourth-order valence-electron chi connectivity index (χ4n) is 1.34. The van der Waals surface area contributed by atoms with E-state index in [9.17, 15) is 9.90 Å². The number of aliphatic carboxylic acids is 1. The Morgan fingerprint density at radius 2 is 2.24 bits per heavy atom. The molecule has 1 aliphatic rings. The molecule has 1 heterocycles. The van der Waals surface area contributed by atoms with Gasteiger partial charge in [0.1, 0.15) is 5.53 Å². The van der Waals surface area contributed by atoms with Gasteiger partial charge >= 0.3 is 0 Å². The summed E-state index contributed by atoms with van der Waals surface area (Å²) in [6, 6.07) is 4.89. The monoisotopic (exact) mass is 233 g/mol. The van der Waals surface area contributed by atoms with Crippen LogP contribution in [0.1, 0.15) is 5.56 Å². The number of hydrogen-bond acceptors (Lipinski definition) is 6. The lowest BCUT2D eigenvalue weighted by atomic mass is 10.1. The number of nitrogens with zero attached hydrogens (tertiary/aromatic N) is 2. The first-order chi connectivity index (χ1) is 8.20. The van der Waals surface area contributed by atoms with Crippen LogP contribution in [0.5, 0.6) is 11.5 Å². The Morgan fingerprint density at radius 1 is 1.47 bits per heavy atom. The number of ether oxygens (including phenoxy) is 2. The van der Waals surface area contributed by atoms with Gasteiger partial charge in [-0.15, -0.1) is 0 Å². The van der Waals surface area contributed by atoms with Gasteiger partial charge in [-0.25, -0.2) is 0 Å². The number of rotatable bonds is 3. The molecule has 1 aromatic rings. The van der Waals surface area contributed by atoms with Crippen molar-refractivity contribution in [3.63, 3.8) is 0 Å². The molecular weight excluding hydrogens is 226 g/mol. The number of carboxylic acid groups (broad SMARTS) is 1. The van der Waals surface area contributed by atoms with Gasteiger partial charge in [-0.3, -0.25) is 0 Å². The summed E-state index contributed by atoms with van der Waals surface area (Å²) in [6.07, 6.45) is 1.23. The molecule has 0 unspecified atom stereocenters. The summed E-state index contributed by atoms with van der Waals surface area (Å²) in [7, 11) is 0. The Morgan fingerprint density at radius 3 is 2.94 bits per heavy atom. The number of nitrogens with one attached hydrogen (secondary N) is 1. The van der Waals surface area contributed by atoms with Crippen molar-refractivity contribution in [1.82, 2.24) is 4.91 Å². The lowest BCUT2D eigenvalue weighted by Crippen LogP contribution is -2.23. The third-order valence-corrected chi connectivity index (χ3v) is 2.07. The third kappa shape index (κ3) is 2.30. The average molecular weight is 233 g/mol. The van der Waals surface area contributed by atoms with Crippen molar-refractivity contribution in [3.8, 4) is 11.5 Å². The highest BCUT2D eigenvalue weighted by atomic mass is 16.7. The van der Waals surface area contributed by atoms with Crippen molar-refractivity contribution in [1.29, 1.82) is 5.53 Å². The van der Waals surface area contributed by atoms with Crippen molar-refractivity contribution >= 4 is 12.0 Å². The molecule has 0 fully saturated rings. The molecule has 17 heavy (non-hydrogen) atoms. The van der Waals surface area contributed by atoms with E-state index in [1.54, 1.807) is 18.2 Å². The maximum Gasteiger partial charge on any atom is 0.231 e. The van der Waals surface area contributed by atoms with Gasteiger partial charge in [-0.05, 0) is 23.8 Å². The van der Waals surface area contributed by atoms with Gasteiger partial charge < -0.3 is 19.4 Å². The number of fused-ring (bicyclic) bond motifs is 1. The largest absolute Gasteiger partial charge is 0.543 e. The summed E-state index contributed by atoms with van der Waals surface area (Å²) in [5, 5.41) is 13.8. The van der Waals surface area contributed by atoms with Crippen molar-refractivity contribution in [2.24, 2.45) is 5.11 Å². The van der Waals surface area contributed by atoms with E-state index in [4.69, 9.17) is 15.0 Å². The second-order valence-electron chi connectivity index (χ2n) is 3.13. The van der Waals surface area contributed by atoms with Gasteiger partial charge in [0.25, 0.3) is 0 Å². The lowest BCUT2D eigenvalue weighted by Gasteiger charge is -1.99. The van der Waals surface area contributed by atoms with Crippen LogP contribution in [0.2, 0.25) is 0 Å². The molecule has 0 spiro atoms. The maximum atomic E-state index is 10.7. The number of carboxylic acids is 1. The van der Waals surface area contributed by atoms with Crippen LogP contribution in [-0.4, -0.2) is 12.8 Å². The van der Waals surface area contributed by atoms with Crippen LogP contribution in [0, 0.1) is 5.53 Å². The average Bonchev–Trinajstić information content (AvgIpc) is 2.75. The molecule has 1 N–H and O–H groups in total. The highest BCUT2D eigenvalue weighted by molar-refractivity contribution is 5.90. The van der Waals surface area contributed by atoms with E-state index in [1.807, 2.05) is 0 Å². The van der Waals surface area contributed by atoms with E-state index in [2.05, 4.69) is 10.0 Å². The zero-order valence-electron chi connectivity index (χ0n) is 8.54. The van der Waals surface area contributed by atoms with E-state index in [0.717, 1.165) is 0 Å². The van der Waals surface area contributed by atoms with Crippen molar-refractivity contribution in [2.45, 2.75) is 0 Å². The minimum atomic E-state index is -1.50. The van der Waals surface area contributed by atoms with Gasteiger partial charge in [0.15, 0.2) is 22.3 Å². The smallest absolute Gasteiger partial charge is 0.231 e. The van der Waals surface area contributed by atoms with Gasteiger partial charge in [0.05, 0.1) is 5.97 Å². The van der Waals surface area contributed by atoms with Gasteiger partial charge in [-0.1, -0.05) is 6.07 Å². The molecule has 86 valence electrons. The first-order valence-electron chi connectivity index (χ1n) is 4.61. The topological polar surface area (TPSA) is 109 Å². The quantitative estimate of drug-likeness (QED) is 0.452. The van der Waals surface area contributed by atoms with Crippen LogP contribution in [-0.2, 0) is 4.79 Å². The van der Waals surface area contributed by atoms with Gasteiger partial charge in [0, 0.05) is 0 Å². The fourth-order valence-corrected chi connectivity index (χ4v) is 1.34. The molecule has 0 bridgehead atoms. The molecule has 0 amide bonds. The molecule has 1 aliphatic heterocycles. The summed E-state index contributed by atoms with van der Waals surface area (Å²) in [5.41, 5.74) is 6.61. The van der Waals surface area contributed by atoms with Crippen molar-refractivity contribution in [3.05, 3.63) is 29.5 Å². The summed E-state index contributed by atoms with van der Waals surface area (Å²) >= 11 is 0. The summed E-state index contributed by atoms with van der Waals surface area (Å²) in [5.74, 6) is -0.378. The van der Waals surface area contributed by atoms with Crippen molar-refractivity contribution < 1.29 is 19.4 Å². The Hall–Kier alpha value is -2.66. The van der Waals surface area contributed by atoms with Crippen LogP contribution in [0.15, 0.2) is 29.0 Å². The van der Waals surface area contributed by atoms with Crippen LogP contribution >= 0.6 is 0 Å². The first-order valence-corrected chi connectivity index (χ1v) is 4.61. The van der Waals surface area contributed by atoms with E-state index in [0.29, 0.717) is 17.1 Å². The zero-order chi connectivity index (χ0) is 12.3. The highest BCUT2D eigenvalue weighted by Gasteiger charge is 2.13. The van der Waals surface area contributed by atoms with Gasteiger partial charge in [0.2, 0.25) is 11.7 Å². The minimum absolute atomic E-state index is 0.141. The van der Waals surface area contributed by atoms with Crippen LogP contribution in [0.3, 0.4) is 0 Å². The number of carbonyl (C=O) groups is 1. The summed E-state index contributed by atoms with van der Waals surface area (Å²) in [6.45, 7) is 0.141. The summed E-state index contributed by atoms with van der Waals surface area (Å²) < 4.78 is 10.2. The lowest BCUT2D eigenvalue weighted by molar-refractivity contribution is -0.299. The molecule has 1 aromatic carbocycles. The molecular formula is C10H7N3O4. The van der Waals surface area contributed by atoms with Crippen LogP contribution in [0.4, 0.5) is 0 Å². The van der Waals surface area contributed by atoms with E-state index in [1.165, 1.54) is 6.08 Å². The molecule has 2 rings (SSSR count). The molecule has 0 saturated heterocycles. The first kappa shape index (κ1) is 10.8. The predicted octanol–water partition coefficient (Wildman–Crippen LogP) is 0.0565. The van der Waals surface area contributed by atoms with E-state index in [-0.39, 0.29) is 6.79 Å². The Balaban J connectivity index is 2.37. The second-order valence-corrected chi connectivity index (χ2v) is 3.13. The SMILES string of the molecule is N=[N+]=NC(=Cc1ccc2c(c1)OCO2)C(=O)[O-]. The van der Waals surface area contributed by atoms with Crippen LogP contribution < -0.4 is 19.5 Å². The minimum Gasteiger partial charge on any atom is -0.543 e.